The highest BCUT2D eigenvalue weighted by atomic mass is 35.5. The van der Waals surface area contributed by atoms with Gasteiger partial charge in [-0.2, -0.15) is 0 Å². The zero-order chi connectivity index (χ0) is 13.1. The van der Waals surface area contributed by atoms with Crippen LogP contribution in [-0.2, 0) is 16.0 Å². The second kappa shape index (κ2) is 6.23. The molecule has 1 aromatic carbocycles. The molecule has 0 saturated carbocycles. The summed E-state index contributed by atoms with van der Waals surface area (Å²) in [7, 11) is 0. The monoisotopic (exact) mass is 281 g/mol. The van der Waals surface area contributed by atoms with Crippen LogP contribution in [0, 0.1) is 5.92 Å². The zero-order valence-electron chi connectivity index (χ0n) is 11.1. The molecule has 0 amide bonds. The van der Waals surface area contributed by atoms with E-state index >= 15 is 0 Å². The Kier molecular flexibility index (Phi) is 4.38. The van der Waals surface area contributed by atoms with Gasteiger partial charge in [0, 0.05) is 24.0 Å². The lowest BCUT2D eigenvalue weighted by Gasteiger charge is -2.34. The molecule has 0 aromatic heterocycles. The number of hydrogen-bond donors (Lipinski definition) is 0. The van der Waals surface area contributed by atoms with E-state index in [1.165, 1.54) is 18.4 Å². The van der Waals surface area contributed by atoms with Gasteiger partial charge in [-0.25, -0.2) is 0 Å². The standard InChI is InChI=1S/C15H20ClNO2/c16-14-5-3-12(4-6-14)10-17-7-1-2-13(11-17)15-18-8-9-19-15/h3-6,13,15H,1-2,7-11H2/t13-/m0/s1. The summed E-state index contributed by atoms with van der Waals surface area (Å²) in [6, 6.07) is 8.13. The Bertz CT molecular complexity index is 403. The molecule has 2 aliphatic rings. The number of hydrogen-bond acceptors (Lipinski definition) is 3. The molecule has 1 aromatic rings. The van der Waals surface area contributed by atoms with Gasteiger partial charge >= 0.3 is 0 Å². The van der Waals surface area contributed by atoms with Crippen molar-refractivity contribution in [3.63, 3.8) is 0 Å². The van der Waals surface area contributed by atoms with Gasteiger partial charge in [0.25, 0.3) is 0 Å². The van der Waals surface area contributed by atoms with Gasteiger partial charge in [0.05, 0.1) is 13.2 Å². The van der Waals surface area contributed by atoms with Crippen molar-refractivity contribution in [2.75, 3.05) is 26.3 Å². The fraction of sp³-hybridized carbons (Fsp3) is 0.600. The Morgan fingerprint density at radius 1 is 1.16 bits per heavy atom. The van der Waals surface area contributed by atoms with Crippen molar-refractivity contribution < 1.29 is 9.47 Å². The van der Waals surface area contributed by atoms with E-state index in [9.17, 15) is 0 Å². The van der Waals surface area contributed by atoms with E-state index in [1.54, 1.807) is 0 Å². The average Bonchev–Trinajstić information content (AvgIpc) is 2.96. The average molecular weight is 282 g/mol. The van der Waals surface area contributed by atoms with E-state index in [0.717, 1.165) is 37.9 Å². The summed E-state index contributed by atoms with van der Waals surface area (Å²) in [5.74, 6) is 0.517. The molecule has 4 heteroatoms. The van der Waals surface area contributed by atoms with Crippen LogP contribution in [0.4, 0.5) is 0 Å². The highest BCUT2D eigenvalue weighted by Gasteiger charge is 2.30. The normalized spacial score (nSPS) is 25.8. The molecule has 0 aliphatic carbocycles. The predicted molar refractivity (Wildman–Crippen MR) is 75.1 cm³/mol. The summed E-state index contributed by atoms with van der Waals surface area (Å²) in [5, 5.41) is 0.799. The van der Waals surface area contributed by atoms with Crippen LogP contribution in [0.5, 0.6) is 0 Å². The SMILES string of the molecule is Clc1ccc(CN2CCC[C@H](C3OCCO3)C2)cc1. The van der Waals surface area contributed by atoms with Crippen LogP contribution in [0.15, 0.2) is 24.3 Å². The van der Waals surface area contributed by atoms with Gasteiger partial charge in [-0.3, -0.25) is 4.90 Å². The van der Waals surface area contributed by atoms with Crippen molar-refractivity contribution in [2.45, 2.75) is 25.7 Å². The quantitative estimate of drug-likeness (QED) is 0.850. The van der Waals surface area contributed by atoms with Gasteiger partial charge in [0.2, 0.25) is 0 Å². The Hall–Kier alpha value is -0.610. The fourth-order valence-corrected chi connectivity index (χ4v) is 3.08. The number of rotatable bonds is 3. The molecule has 104 valence electrons. The summed E-state index contributed by atoms with van der Waals surface area (Å²) < 4.78 is 11.3. The third-order valence-electron chi connectivity index (χ3n) is 3.89. The van der Waals surface area contributed by atoms with Gasteiger partial charge in [-0.1, -0.05) is 23.7 Å². The molecule has 0 N–H and O–H groups in total. The molecular formula is C15H20ClNO2. The minimum absolute atomic E-state index is 0.0213. The summed E-state index contributed by atoms with van der Waals surface area (Å²) in [4.78, 5) is 2.49. The van der Waals surface area contributed by atoms with E-state index < -0.39 is 0 Å². The summed E-state index contributed by atoms with van der Waals surface area (Å²) in [6.07, 6.45) is 2.46. The number of ether oxygens (including phenoxy) is 2. The van der Waals surface area contributed by atoms with E-state index in [2.05, 4.69) is 17.0 Å². The highest BCUT2D eigenvalue weighted by Crippen LogP contribution is 2.26. The topological polar surface area (TPSA) is 21.7 Å². The van der Waals surface area contributed by atoms with Gasteiger partial charge in [-0.05, 0) is 37.1 Å². The van der Waals surface area contributed by atoms with Crippen LogP contribution < -0.4 is 0 Å². The van der Waals surface area contributed by atoms with Crippen molar-refractivity contribution >= 4 is 11.6 Å². The number of halogens is 1. The van der Waals surface area contributed by atoms with Crippen molar-refractivity contribution in [1.29, 1.82) is 0 Å². The first-order chi connectivity index (χ1) is 9.31. The Morgan fingerprint density at radius 3 is 2.63 bits per heavy atom. The van der Waals surface area contributed by atoms with E-state index in [-0.39, 0.29) is 6.29 Å². The first-order valence-electron chi connectivity index (χ1n) is 7.01. The van der Waals surface area contributed by atoms with Crippen molar-refractivity contribution in [2.24, 2.45) is 5.92 Å². The molecule has 0 unspecified atom stereocenters. The van der Waals surface area contributed by atoms with E-state index in [1.807, 2.05) is 12.1 Å². The fourth-order valence-electron chi connectivity index (χ4n) is 2.95. The lowest BCUT2D eigenvalue weighted by Crippen LogP contribution is -2.40. The van der Waals surface area contributed by atoms with Crippen LogP contribution in [0.2, 0.25) is 5.02 Å². The maximum Gasteiger partial charge on any atom is 0.161 e. The third-order valence-corrected chi connectivity index (χ3v) is 4.15. The second-order valence-electron chi connectivity index (χ2n) is 5.37. The molecular weight excluding hydrogens is 262 g/mol. The van der Waals surface area contributed by atoms with Crippen LogP contribution in [0.3, 0.4) is 0 Å². The molecule has 2 aliphatic heterocycles. The molecule has 0 bridgehead atoms. The van der Waals surface area contributed by atoms with Gasteiger partial charge in [0.15, 0.2) is 6.29 Å². The number of nitrogens with zero attached hydrogens (tertiary/aromatic N) is 1. The zero-order valence-corrected chi connectivity index (χ0v) is 11.8. The van der Waals surface area contributed by atoms with Crippen LogP contribution in [0.25, 0.3) is 0 Å². The molecule has 2 fully saturated rings. The minimum Gasteiger partial charge on any atom is -0.350 e. The smallest absolute Gasteiger partial charge is 0.161 e. The van der Waals surface area contributed by atoms with Crippen LogP contribution in [0.1, 0.15) is 18.4 Å². The molecule has 2 saturated heterocycles. The Morgan fingerprint density at radius 2 is 1.89 bits per heavy atom. The van der Waals surface area contributed by atoms with Crippen LogP contribution >= 0.6 is 11.6 Å². The third kappa shape index (κ3) is 3.48. The Balaban J connectivity index is 1.57. The maximum atomic E-state index is 5.92. The lowest BCUT2D eigenvalue weighted by molar-refractivity contribution is -0.101. The molecule has 0 radical (unpaired) electrons. The molecule has 2 heterocycles. The minimum atomic E-state index is 0.0213. The number of benzene rings is 1. The summed E-state index contributed by atoms with van der Waals surface area (Å²) >= 11 is 5.92. The molecule has 0 spiro atoms. The molecule has 19 heavy (non-hydrogen) atoms. The van der Waals surface area contributed by atoms with Crippen molar-refractivity contribution in [3.8, 4) is 0 Å². The molecule has 3 nitrogen and oxygen atoms in total. The molecule has 3 rings (SSSR count). The summed E-state index contributed by atoms with van der Waals surface area (Å²) in [5.41, 5.74) is 1.32. The van der Waals surface area contributed by atoms with E-state index in [4.69, 9.17) is 21.1 Å². The first-order valence-corrected chi connectivity index (χ1v) is 7.39. The van der Waals surface area contributed by atoms with E-state index in [0.29, 0.717) is 5.92 Å². The van der Waals surface area contributed by atoms with Crippen molar-refractivity contribution in [1.82, 2.24) is 4.90 Å². The second-order valence-corrected chi connectivity index (χ2v) is 5.81. The van der Waals surface area contributed by atoms with Gasteiger partial charge < -0.3 is 9.47 Å². The van der Waals surface area contributed by atoms with Gasteiger partial charge in [0.1, 0.15) is 0 Å². The lowest BCUT2D eigenvalue weighted by atomic mass is 9.97. The van der Waals surface area contributed by atoms with Crippen molar-refractivity contribution in [3.05, 3.63) is 34.9 Å². The maximum absolute atomic E-state index is 5.92. The number of likely N-dealkylation sites (tertiary alicyclic amines) is 1. The highest BCUT2D eigenvalue weighted by molar-refractivity contribution is 6.30. The van der Waals surface area contributed by atoms with Crippen LogP contribution in [-0.4, -0.2) is 37.5 Å². The number of piperidine rings is 1. The largest absolute Gasteiger partial charge is 0.350 e. The summed E-state index contributed by atoms with van der Waals surface area (Å²) in [6.45, 7) is 4.70. The first kappa shape index (κ1) is 13.4. The van der Waals surface area contributed by atoms with Gasteiger partial charge in [-0.15, -0.1) is 0 Å². The molecule has 1 atom stereocenters. The Labute approximate surface area is 119 Å². The predicted octanol–water partition coefficient (Wildman–Crippen LogP) is 2.92.